The number of para-hydroxylation sites is 1. The molecule has 1 nitrogen and oxygen atoms in total. The van der Waals surface area contributed by atoms with E-state index in [0.29, 0.717) is 0 Å². The number of benzene rings is 9. The molecule has 10 rings (SSSR count). The fraction of sp³-hybridized carbons (Fsp3) is 0. The van der Waals surface area contributed by atoms with Crippen LogP contribution in [0.2, 0.25) is 0 Å². The highest BCUT2D eigenvalue weighted by Crippen LogP contribution is 2.47. The van der Waals surface area contributed by atoms with Gasteiger partial charge in [0.1, 0.15) is 11.2 Å². The third-order valence-corrected chi connectivity index (χ3v) is 10.4. The van der Waals surface area contributed by atoms with Crippen LogP contribution in [0.1, 0.15) is 0 Å². The lowest BCUT2D eigenvalue weighted by Crippen LogP contribution is -1.90. The van der Waals surface area contributed by atoms with E-state index in [2.05, 4.69) is 164 Å². The topological polar surface area (TPSA) is 13.1 Å². The van der Waals surface area contributed by atoms with Gasteiger partial charge in [0, 0.05) is 26.8 Å². The summed E-state index contributed by atoms with van der Waals surface area (Å²) in [6.45, 7) is 0. The molecule has 0 amide bonds. The molecule has 1 aromatic heterocycles. The van der Waals surface area contributed by atoms with Crippen molar-refractivity contribution in [2.45, 2.75) is 4.90 Å². The van der Waals surface area contributed by atoms with Crippen molar-refractivity contribution < 1.29 is 4.42 Å². The molecule has 0 aliphatic heterocycles. The van der Waals surface area contributed by atoms with E-state index in [1.54, 1.807) is 0 Å². The highest BCUT2D eigenvalue weighted by molar-refractivity contribution is 7.80. The first kappa shape index (κ1) is 27.3. The smallest absolute Gasteiger partial charge is 0.143 e. The largest absolute Gasteiger partial charge is 0.455 e. The van der Waals surface area contributed by atoms with Crippen molar-refractivity contribution in [2.75, 3.05) is 0 Å². The van der Waals surface area contributed by atoms with Crippen molar-refractivity contribution in [1.82, 2.24) is 0 Å². The van der Waals surface area contributed by atoms with Gasteiger partial charge < -0.3 is 4.42 Å². The van der Waals surface area contributed by atoms with Crippen LogP contribution >= 0.6 is 12.6 Å². The summed E-state index contributed by atoms with van der Waals surface area (Å²) in [5, 5.41) is 11.8. The van der Waals surface area contributed by atoms with Crippen molar-refractivity contribution in [3.8, 4) is 33.4 Å². The quantitative estimate of drug-likeness (QED) is 0.152. The minimum absolute atomic E-state index is 0.882. The molecule has 0 spiro atoms. The molecule has 48 heavy (non-hydrogen) atoms. The summed E-state index contributed by atoms with van der Waals surface area (Å²) >= 11 is 4.97. The second-order valence-corrected chi connectivity index (χ2v) is 13.0. The summed E-state index contributed by atoms with van der Waals surface area (Å²) in [5.41, 5.74) is 8.91. The zero-order valence-corrected chi connectivity index (χ0v) is 26.8. The van der Waals surface area contributed by atoms with Crippen molar-refractivity contribution in [2.24, 2.45) is 0 Å². The van der Waals surface area contributed by atoms with Crippen molar-refractivity contribution in [3.05, 3.63) is 164 Å². The maximum atomic E-state index is 6.95. The average Bonchev–Trinajstić information content (AvgIpc) is 3.53. The molecular weight excluding hydrogens is 601 g/mol. The maximum Gasteiger partial charge on any atom is 0.143 e. The third kappa shape index (κ3) is 3.93. The lowest BCUT2D eigenvalue weighted by molar-refractivity contribution is 0.670. The zero-order chi connectivity index (χ0) is 31.8. The van der Waals surface area contributed by atoms with Gasteiger partial charge in [0.05, 0.1) is 0 Å². The van der Waals surface area contributed by atoms with E-state index in [-0.39, 0.29) is 0 Å². The normalized spacial score (nSPS) is 11.9. The third-order valence-electron chi connectivity index (χ3n) is 9.95. The molecule has 0 aliphatic rings. The summed E-state index contributed by atoms with van der Waals surface area (Å²) in [6, 6.07) is 58.7. The van der Waals surface area contributed by atoms with Gasteiger partial charge in [-0.2, -0.15) is 0 Å². The number of rotatable bonds is 3. The first-order chi connectivity index (χ1) is 23.8. The minimum atomic E-state index is 0.882. The van der Waals surface area contributed by atoms with Crippen LogP contribution in [0.25, 0.3) is 98.4 Å². The minimum Gasteiger partial charge on any atom is -0.455 e. The number of hydrogen-bond acceptors (Lipinski definition) is 2. The summed E-state index contributed by atoms with van der Waals surface area (Å²) < 4.78 is 6.95. The molecule has 0 bridgehead atoms. The molecule has 0 unspecified atom stereocenters. The lowest BCUT2D eigenvalue weighted by atomic mass is 9.85. The highest BCUT2D eigenvalue weighted by Gasteiger charge is 2.21. The first-order valence-electron chi connectivity index (χ1n) is 16.3. The van der Waals surface area contributed by atoms with Crippen LogP contribution in [-0.2, 0) is 0 Å². The molecule has 0 aliphatic carbocycles. The molecule has 10 aromatic rings. The molecular formula is C46H28OS. The van der Waals surface area contributed by atoms with Crippen LogP contribution < -0.4 is 0 Å². The Morgan fingerprint density at radius 1 is 0.333 bits per heavy atom. The fourth-order valence-electron chi connectivity index (χ4n) is 7.90. The molecule has 9 aromatic carbocycles. The molecule has 0 fully saturated rings. The van der Waals surface area contributed by atoms with Gasteiger partial charge in [-0.15, -0.1) is 12.6 Å². The summed E-state index contributed by atoms with van der Waals surface area (Å²) in [4.78, 5) is 1.01. The molecule has 0 N–H and O–H groups in total. The van der Waals surface area contributed by atoms with Crippen molar-refractivity contribution in [1.29, 1.82) is 0 Å². The van der Waals surface area contributed by atoms with Gasteiger partial charge in [-0.3, -0.25) is 0 Å². The van der Waals surface area contributed by atoms with Crippen LogP contribution in [0, 0.1) is 0 Å². The van der Waals surface area contributed by atoms with Gasteiger partial charge >= 0.3 is 0 Å². The Kier molecular flexibility index (Phi) is 6.03. The Hall–Kier alpha value is -5.83. The van der Waals surface area contributed by atoms with Gasteiger partial charge in [0.2, 0.25) is 0 Å². The van der Waals surface area contributed by atoms with E-state index in [1.165, 1.54) is 54.6 Å². The van der Waals surface area contributed by atoms with E-state index in [1.807, 2.05) is 0 Å². The number of hydrogen-bond donors (Lipinski definition) is 1. The second-order valence-electron chi connectivity index (χ2n) is 12.5. The Morgan fingerprint density at radius 3 is 1.38 bits per heavy atom. The molecule has 2 heteroatoms. The molecule has 224 valence electrons. The van der Waals surface area contributed by atoms with E-state index >= 15 is 0 Å². The van der Waals surface area contributed by atoms with E-state index in [9.17, 15) is 0 Å². The summed E-state index contributed by atoms with van der Waals surface area (Å²) in [7, 11) is 0. The Labute approximate surface area is 283 Å². The van der Waals surface area contributed by atoms with Crippen molar-refractivity contribution >= 4 is 77.7 Å². The fourth-order valence-corrected chi connectivity index (χ4v) is 8.29. The van der Waals surface area contributed by atoms with Crippen LogP contribution in [0.5, 0.6) is 0 Å². The summed E-state index contributed by atoms with van der Waals surface area (Å²) in [6.07, 6.45) is 0. The monoisotopic (exact) mass is 628 g/mol. The van der Waals surface area contributed by atoms with Crippen molar-refractivity contribution in [3.63, 3.8) is 0 Å². The van der Waals surface area contributed by atoms with Crippen LogP contribution in [-0.4, -0.2) is 0 Å². The van der Waals surface area contributed by atoms with Gasteiger partial charge in [0.25, 0.3) is 0 Å². The first-order valence-corrected chi connectivity index (χ1v) is 16.8. The van der Waals surface area contributed by atoms with Crippen LogP contribution in [0.3, 0.4) is 0 Å². The van der Waals surface area contributed by atoms with Gasteiger partial charge in [-0.1, -0.05) is 152 Å². The summed E-state index contributed by atoms with van der Waals surface area (Å²) in [5.74, 6) is 0. The molecule has 1 heterocycles. The average molecular weight is 629 g/mol. The predicted molar refractivity (Wildman–Crippen MR) is 207 cm³/mol. The Balaban J connectivity index is 1.26. The van der Waals surface area contributed by atoms with E-state index in [0.717, 1.165) is 48.7 Å². The predicted octanol–water partition coefficient (Wildman–Crippen LogP) is 13.5. The number of thiol groups is 1. The maximum absolute atomic E-state index is 6.95. The van der Waals surface area contributed by atoms with Gasteiger partial charge in [-0.25, -0.2) is 0 Å². The standard InChI is InChI=1S/C46H28OS/c48-46-38-21-10-8-19-35(38)43(36-20-9-11-22-39(36)46)29-25-26-30-37-23-12-24-40(45(37)47-41(30)27-29)44-33-17-6-4-15-31(33)42(28-13-2-1-3-14-28)32-16-5-7-18-34(32)44/h1-27,48H. The SMILES string of the molecule is Sc1c2ccccc2c(-c2ccc3c(c2)oc2c(-c4c5ccccc5c(-c5ccccc5)c5ccccc45)cccc23)c2ccccc12. The number of fused-ring (bicyclic) bond motifs is 7. The van der Waals surface area contributed by atoms with E-state index < -0.39 is 0 Å². The Bertz CT molecular complexity index is 2780. The van der Waals surface area contributed by atoms with E-state index in [4.69, 9.17) is 17.0 Å². The molecule has 0 radical (unpaired) electrons. The zero-order valence-electron chi connectivity index (χ0n) is 25.9. The molecule has 0 atom stereocenters. The second kappa shape index (κ2) is 10.6. The number of furan rings is 1. The van der Waals surface area contributed by atoms with Gasteiger partial charge in [0.15, 0.2) is 0 Å². The lowest BCUT2D eigenvalue weighted by Gasteiger charge is -2.17. The van der Waals surface area contributed by atoms with Gasteiger partial charge in [-0.05, 0) is 77.5 Å². The molecule has 0 saturated heterocycles. The highest BCUT2D eigenvalue weighted by atomic mass is 32.1. The van der Waals surface area contributed by atoms with Crippen LogP contribution in [0.4, 0.5) is 0 Å². The molecule has 0 saturated carbocycles. The van der Waals surface area contributed by atoms with Crippen LogP contribution in [0.15, 0.2) is 173 Å². The Morgan fingerprint density at radius 2 is 0.792 bits per heavy atom.